The second-order valence-electron chi connectivity index (χ2n) is 6.59. The molecule has 0 heterocycles. The topological polar surface area (TPSA) is 32.7 Å². The molecule has 0 aliphatic rings. The Morgan fingerprint density at radius 3 is 2.17 bits per heavy atom. The van der Waals surface area contributed by atoms with Gasteiger partial charge in [-0.25, -0.2) is 0 Å². The van der Waals surface area contributed by atoms with Crippen molar-refractivity contribution >= 4 is 33.2 Å². The molecule has 0 saturated heterocycles. The van der Waals surface area contributed by atoms with Gasteiger partial charge in [-0.2, -0.15) is 10.1 Å². The molecule has 0 saturated carbocycles. The van der Waals surface area contributed by atoms with E-state index in [1.54, 1.807) is 0 Å². The molecule has 3 aromatic carbocycles. The molecule has 0 bridgehead atoms. The number of amides is 1. The molecule has 3 nitrogen and oxygen atoms in total. The fraction of sp³-hybridized carbons (Fsp3) is 0.200. The van der Waals surface area contributed by atoms with Gasteiger partial charge in [-0.1, -0.05) is 86.6 Å². The first kappa shape index (κ1) is 22.6. The summed E-state index contributed by atoms with van der Waals surface area (Å²) in [4.78, 5) is 12.7. The lowest BCUT2D eigenvalue weighted by Gasteiger charge is -2.20. The third-order valence-corrected chi connectivity index (χ3v) is 5.11. The van der Waals surface area contributed by atoms with Gasteiger partial charge in [0.15, 0.2) is 0 Å². The van der Waals surface area contributed by atoms with Gasteiger partial charge in [-0.15, -0.1) is 0 Å². The number of nitrogens with zero attached hydrogens (tertiary/aromatic N) is 2. The normalized spacial score (nSPS) is 10.9. The lowest BCUT2D eigenvalue weighted by atomic mass is 10.0. The Bertz CT molecular complexity index is 966. The molecular weight excluding hydrogens is 424 g/mol. The average molecular weight is 451 g/mol. The number of halogens is 1. The Labute approximate surface area is 182 Å². The van der Waals surface area contributed by atoms with Crippen LogP contribution in [0.3, 0.4) is 0 Å². The van der Waals surface area contributed by atoms with Crippen molar-refractivity contribution in [1.82, 2.24) is 0 Å². The van der Waals surface area contributed by atoms with Crippen LogP contribution >= 0.6 is 15.9 Å². The maximum absolute atomic E-state index is 12.7. The smallest absolute Gasteiger partial charge is 0.247 e. The van der Waals surface area contributed by atoms with E-state index in [2.05, 4.69) is 59.3 Å². The molecular formula is C25H27BrN2O. The van der Waals surface area contributed by atoms with Gasteiger partial charge in [0, 0.05) is 17.3 Å². The zero-order valence-corrected chi connectivity index (χ0v) is 17.7. The number of anilines is 1. The van der Waals surface area contributed by atoms with E-state index in [9.17, 15) is 4.79 Å². The highest BCUT2D eigenvalue weighted by Crippen LogP contribution is 2.27. The number of aryl methyl sites for hydroxylation is 1. The monoisotopic (exact) mass is 450 g/mol. The Morgan fingerprint density at radius 2 is 1.55 bits per heavy atom. The molecule has 3 rings (SSSR count). The van der Waals surface area contributed by atoms with Gasteiger partial charge in [0.05, 0.1) is 11.4 Å². The van der Waals surface area contributed by atoms with Crippen molar-refractivity contribution in [3.8, 4) is 0 Å². The van der Waals surface area contributed by atoms with Gasteiger partial charge in [-0.3, -0.25) is 4.79 Å². The molecule has 0 fully saturated rings. The minimum atomic E-state index is -0.0513. The highest BCUT2D eigenvalue weighted by molar-refractivity contribution is 9.10. The fourth-order valence-corrected chi connectivity index (χ4v) is 3.32. The lowest BCUT2D eigenvalue weighted by molar-refractivity contribution is -0.118. The molecule has 0 unspecified atom stereocenters. The number of rotatable bonds is 6. The van der Waals surface area contributed by atoms with Crippen molar-refractivity contribution in [3.05, 3.63) is 100 Å². The molecule has 0 aromatic heterocycles. The van der Waals surface area contributed by atoms with E-state index < -0.39 is 0 Å². The van der Waals surface area contributed by atoms with Crippen LogP contribution in [0.15, 0.2) is 88.4 Å². The number of carbonyl (C=O) groups excluding carboxylic acids is 1. The van der Waals surface area contributed by atoms with Gasteiger partial charge in [0.2, 0.25) is 5.91 Å². The van der Waals surface area contributed by atoms with Gasteiger partial charge in [0.25, 0.3) is 0 Å². The number of benzene rings is 3. The zero-order valence-electron chi connectivity index (χ0n) is 16.1. The van der Waals surface area contributed by atoms with Gasteiger partial charge in [-0.05, 0) is 46.1 Å². The van der Waals surface area contributed by atoms with E-state index in [4.69, 9.17) is 5.10 Å². The minimum Gasteiger partial charge on any atom is -0.273 e. The van der Waals surface area contributed by atoms with Crippen LogP contribution in [0.4, 0.5) is 5.69 Å². The number of carbonyl (C=O) groups is 1. The maximum atomic E-state index is 12.7. The van der Waals surface area contributed by atoms with Crippen LogP contribution in [0.1, 0.15) is 37.5 Å². The first-order chi connectivity index (χ1) is 13.6. The standard InChI is InChI=1S/C24H23BrN2O.CH4/c1-3-24(28)27(23-12-8-7-11-21(23)25)26-22(17-19-9-5-4-6-10-19)20-15-13-18(2)14-16-20;/h4-16H,3,17H2,1-2H3;1H4. The van der Waals surface area contributed by atoms with Gasteiger partial charge in [0.1, 0.15) is 0 Å². The summed E-state index contributed by atoms with van der Waals surface area (Å²) in [6.07, 6.45) is 1.01. The lowest BCUT2D eigenvalue weighted by Crippen LogP contribution is -2.27. The SMILES string of the molecule is C.CCC(=O)N(N=C(Cc1ccccc1)c1ccc(C)cc1)c1ccccc1Br. The molecule has 29 heavy (non-hydrogen) atoms. The second-order valence-corrected chi connectivity index (χ2v) is 7.44. The van der Waals surface area contributed by atoms with Crippen LogP contribution in [0.25, 0.3) is 0 Å². The average Bonchev–Trinajstić information content (AvgIpc) is 2.72. The molecule has 0 aliphatic carbocycles. The highest BCUT2D eigenvalue weighted by atomic mass is 79.9. The van der Waals surface area contributed by atoms with Crippen LogP contribution in [0.5, 0.6) is 0 Å². The largest absolute Gasteiger partial charge is 0.273 e. The van der Waals surface area contributed by atoms with Crippen LogP contribution in [-0.4, -0.2) is 11.6 Å². The molecule has 0 N–H and O–H groups in total. The van der Waals surface area contributed by atoms with Crippen molar-refractivity contribution in [2.24, 2.45) is 5.10 Å². The Kier molecular flexibility index (Phi) is 8.34. The summed E-state index contributed by atoms with van der Waals surface area (Å²) in [7, 11) is 0. The Hall–Kier alpha value is -2.72. The third kappa shape index (κ3) is 5.88. The van der Waals surface area contributed by atoms with E-state index in [0.29, 0.717) is 12.8 Å². The fourth-order valence-electron chi connectivity index (χ4n) is 2.87. The number of hydrazone groups is 1. The molecule has 1 amide bonds. The number of hydrogen-bond acceptors (Lipinski definition) is 2. The molecule has 0 radical (unpaired) electrons. The second kappa shape index (κ2) is 10.7. The van der Waals surface area contributed by atoms with Crippen LogP contribution < -0.4 is 5.01 Å². The number of hydrogen-bond donors (Lipinski definition) is 0. The van der Waals surface area contributed by atoms with Crippen molar-refractivity contribution < 1.29 is 4.79 Å². The number of para-hydroxylation sites is 1. The minimum absolute atomic E-state index is 0. The summed E-state index contributed by atoms with van der Waals surface area (Å²) in [5, 5.41) is 6.36. The Balaban J connectivity index is 0.00000300. The summed E-state index contributed by atoms with van der Waals surface area (Å²) >= 11 is 3.55. The molecule has 0 atom stereocenters. The molecule has 0 spiro atoms. The highest BCUT2D eigenvalue weighted by Gasteiger charge is 2.18. The van der Waals surface area contributed by atoms with Crippen LogP contribution in [0, 0.1) is 6.92 Å². The zero-order chi connectivity index (χ0) is 19.9. The maximum Gasteiger partial charge on any atom is 0.247 e. The summed E-state index contributed by atoms with van der Waals surface area (Å²) in [6.45, 7) is 3.91. The molecule has 4 heteroatoms. The quantitative estimate of drug-likeness (QED) is 0.300. The summed E-state index contributed by atoms with van der Waals surface area (Å²) in [5.41, 5.74) is 4.94. The summed E-state index contributed by atoms with van der Waals surface area (Å²) < 4.78 is 0.837. The van der Waals surface area contributed by atoms with E-state index in [1.165, 1.54) is 10.6 Å². The van der Waals surface area contributed by atoms with E-state index in [0.717, 1.165) is 27.0 Å². The van der Waals surface area contributed by atoms with E-state index >= 15 is 0 Å². The van der Waals surface area contributed by atoms with Crippen LogP contribution in [-0.2, 0) is 11.2 Å². The molecule has 150 valence electrons. The molecule has 0 aliphatic heterocycles. The van der Waals surface area contributed by atoms with Crippen molar-refractivity contribution in [2.45, 2.75) is 34.1 Å². The predicted octanol–water partition coefficient (Wildman–Crippen LogP) is 6.78. The first-order valence-corrected chi connectivity index (χ1v) is 10.1. The van der Waals surface area contributed by atoms with Gasteiger partial charge < -0.3 is 0 Å². The summed E-state index contributed by atoms with van der Waals surface area (Å²) in [5.74, 6) is -0.0513. The van der Waals surface area contributed by atoms with E-state index in [1.807, 2.05) is 49.4 Å². The van der Waals surface area contributed by atoms with Crippen molar-refractivity contribution in [1.29, 1.82) is 0 Å². The molecule has 3 aromatic rings. The predicted molar refractivity (Wildman–Crippen MR) is 127 cm³/mol. The third-order valence-electron chi connectivity index (χ3n) is 4.44. The first-order valence-electron chi connectivity index (χ1n) is 9.34. The Morgan fingerprint density at radius 1 is 0.931 bits per heavy atom. The van der Waals surface area contributed by atoms with Crippen molar-refractivity contribution in [3.63, 3.8) is 0 Å². The van der Waals surface area contributed by atoms with Gasteiger partial charge >= 0.3 is 0 Å². The van der Waals surface area contributed by atoms with Crippen LogP contribution in [0.2, 0.25) is 0 Å². The van der Waals surface area contributed by atoms with E-state index in [-0.39, 0.29) is 13.3 Å². The summed E-state index contributed by atoms with van der Waals surface area (Å²) in [6, 6.07) is 26.1. The van der Waals surface area contributed by atoms with Crippen molar-refractivity contribution in [2.75, 3.05) is 5.01 Å².